The Bertz CT molecular complexity index is 3020. The zero-order valence-corrected chi connectivity index (χ0v) is 37.7. The number of ether oxygens (including phenoxy) is 2. The number of carbonyl (C=O) groups excluding carboxylic acids is 8. The fraction of sp³-hybridized carbons (Fsp3) is 0.115. The fourth-order valence-electron chi connectivity index (χ4n) is 6.35. The molecule has 0 aliphatic rings. The summed E-state index contributed by atoms with van der Waals surface area (Å²) in [6, 6.07) is 32.7. The summed E-state index contributed by atoms with van der Waals surface area (Å²) < 4.78 is 10.4. The second-order valence-corrected chi connectivity index (χ2v) is 16.3. The number of aryl methyl sites for hydroxylation is 1. The second kappa shape index (κ2) is 21.5. The lowest BCUT2D eigenvalue weighted by Gasteiger charge is -2.14. The summed E-state index contributed by atoms with van der Waals surface area (Å²) >= 11 is 1.10. The van der Waals surface area contributed by atoms with Crippen LogP contribution in [0.25, 0.3) is 10.8 Å². The van der Waals surface area contributed by atoms with E-state index in [1.807, 2.05) is 43.3 Å². The van der Waals surface area contributed by atoms with E-state index in [4.69, 9.17) is 9.47 Å². The normalized spacial score (nSPS) is 10.6. The van der Waals surface area contributed by atoms with Gasteiger partial charge in [0.1, 0.15) is 0 Å². The first-order valence-corrected chi connectivity index (χ1v) is 21.4. The van der Waals surface area contributed by atoms with Crippen molar-refractivity contribution < 1.29 is 47.8 Å². The van der Waals surface area contributed by atoms with Gasteiger partial charge in [0.05, 0.1) is 22.3 Å². The molecule has 338 valence electrons. The number of amides is 4. The topological polar surface area (TPSA) is 203 Å². The minimum atomic E-state index is -0.951. The molecule has 0 saturated carbocycles. The van der Waals surface area contributed by atoms with Crippen molar-refractivity contribution in [3.63, 3.8) is 0 Å². The smallest absolute Gasteiger partial charge is 0.339 e. The third-order valence-electron chi connectivity index (χ3n) is 10.1. The van der Waals surface area contributed by atoms with Gasteiger partial charge < -0.3 is 30.7 Å². The predicted molar refractivity (Wildman–Crippen MR) is 256 cm³/mol. The number of fused-ring (bicyclic) bond motifs is 1. The summed E-state index contributed by atoms with van der Waals surface area (Å²) in [4.78, 5) is 105. The molecule has 6 rings (SSSR count). The maximum Gasteiger partial charge on any atom is 0.339 e. The Labute approximate surface area is 389 Å². The van der Waals surface area contributed by atoms with Crippen molar-refractivity contribution in [2.45, 2.75) is 30.6 Å². The lowest BCUT2D eigenvalue weighted by molar-refractivity contribution is -0.119. The molecule has 0 fully saturated rings. The van der Waals surface area contributed by atoms with E-state index in [0.717, 1.165) is 17.3 Å². The number of rotatable bonds is 17. The standard InChI is InChI=1S/C52H44N4O10S/c1-29(2)45(57)27-65-51(63)39-21-19-35(25-41(39)49(61)53-6)67-36-20-22-40(52(64)66-28-46(58)30(3)4)42(26-36)50(62)54-34-17-15-33(16-18-34)48(60)56-44-24-23-43(37-9-7-8-10-38(37)44)55-47(59)32-13-11-31(5)12-14-32/h7-26H,1,3,27-28H2,2,4-6H3,(H,53,61)(H,54,62)(H,55,59)(H,56,60). The van der Waals surface area contributed by atoms with Crippen molar-refractivity contribution in [1.29, 1.82) is 0 Å². The minimum Gasteiger partial charge on any atom is -0.454 e. The molecule has 0 spiro atoms. The number of hydrogen-bond donors (Lipinski definition) is 4. The first-order valence-electron chi connectivity index (χ1n) is 20.5. The minimum absolute atomic E-state index is 0.0384. The Morgan fingerprint density at radius 3 is 1.37 bits per heavy atom. The maximum absolute atomic E-state index is 14.0. The van der Waals surface area contributed by atoms with E-state index < -0.39 is 54.4 Å². The molecule has 15 heteroatoms. The number of hydrogen-bond acceptors (Lipinski definition) is 11. The van der Waals surface area contributed by atoms with Crippen LogP contribution in [0.15, 0.2) is 155 Å². The molecule has 0 heterocycles. The van der Waals surface area contributed by atoms with Crippen LogP contribution in [0.2, 0.25) is 0 Å². The first-order chi connectivity index (χ1) is 32.0. The van der Waals surface area contributed by atoms with Gasteiger partial charge in [0.25, 0.3) is 23.6 Å². The second-order valence-electron chi connectivity index (χ2n) is 15.2. The average molecular weight is 917 g/mol. The summed E-state index contributed by atoms with van der Waals surface area (Å²) in [5.41, 5.74) is 3.11. The highest BCUT2D eigenvalue weighted by atomic mass is 32.2. The van der Waals surface area contributed by atoms with Gasteiger partial charge in [-0.05, 0) is 117 Å². The van der Waals surface area contributed by atoms with Crippen LogP contribution in [-0.4, -0.2) is 67.4 Å². The molecule has 0 unspecified atom stereocenters. The van der Waals surface area contributed by atoms with Crippen molar-refractivity contribution in [2.24, 2.45) is 0 Å². The van der Waals surface area contributed by atoms with Gasteiger partial charge in [-0.2, -0.15) is 0 Å². The molecule has 6 aromatic rings. The van der Waals surface area contributed by atoms with Gasteiger partial charge in [-0.1, -0.05) is 66.9 Å². The van der Waals surface area contributed by atoms with Gasteiger partial charge in [-0.3, -0.25) is 28.8 Å². The molecule has 14 nitrogen and oxygen atoms in total. The molecule has 0 aliphatic heterocycles. The summed E-state index contributed by atoms with van der Waals surface area (Å²) in [6.07, 6.45) is 0. The van der Waals surface area contributed by atoms with Crippen LogP contribution in [0.5, 0.6) is 0 Å². The Morgan fingerprint density at radius 2 is 0.940 bits per heavy atom. The van der Waals surface area contributed by atoms with Crippen LogP contribution in [0.4, 0.5) is 17.1 Å². The van der Waals surface area contributed by atoms with Crippen molar-refractivity contribution in [3.05, 3.63) is 185 Å². The predicted octanol–water partition coefficient (Wildman–Crippen LogP) is 9.02. The molecular formula is C52H44N4O10S. The zero-order valence-electron chi connectivity index (χ0n) is 36.9. The van der Waals surface area contributed by atoms with E-state index in [-0.39, 0.29) is 50.6 Å². The summed E-state index contributed by atoms with van der Waals surface area (Å²) in [7, 11) is 1.39. The number of esters is 2. The van der Waals surface area contributed by atoms with E-state index >= 15 is 0 Å². The molecule has 0 saturated heterocycles. The first kappa shape index (κ1) is 48.0. The van der Waals surface area contributed by atoms with Crippen LogP contribution >= 0.6 is 11.8 Å². The van der Waals surface area contributed by atoms with Crippen molar-refractivity contribution in [2.75, 3.05) is 36.2 Å². The van der Waals surface area contributed by atoms with Gasteiger partial charge >= 0.3 is 11.9 Å². The number of anilines is 3. The van der Waals surface area contributed by atoms with E-state index in [1.54, 1.807) is 30.3 Å². The van der Waals surface area contributed by atoms with Crippen LogP contribution in [-0.2, 0) is 19.1 Å². The monoisotopic (exact) mass is 916 g/mol. The highest BCUT2D eigenvalue weighted by Crippen LogP contribution is 2.33. The number of Topliss-reactive ketones (excluding diaryl/α,β-unsaturated/α-hetero) is 2. The molecule has 4 N–H and O–H groups in total. The van der Waals surface area contributed by atoms with Gasteiger partial charge in [-0.15, -0.1) is 0 Å². The molecule has 0 aliphatic carbocycles. The third-order valence-corrected chi connectivity index (χ3v) is 11.1. The quantitative estimate of drug-likeness (QED) is 0.0502. The maximum atomic E-state index is 14.0. The van der Waals surface area contributed by atoms with Crippen LogP contribution in [0.1, 0.15) is 81.6 Å². The van der Waals surface area contributed by atoms with Crippen LogP contribution < -0.4 is 21.3 Å². The summed E-state index contributed by atoms with van der Waals surface area (Å²) in [6.45, 7) is 10.9. The lowest BCUT2D eigenvalue weighted by atomic mass is 10.1. The molecule has 4 amide bonds. The summed E-state index contributed by atoms with van der Waals surface area (Å²) in [5, 5.41) is 12.5. The number of ketones is 2. The Kier molecular flexibility index (Phi) is 15.4. The van der Waals surface area contributed by atoms with E-state index in [9.17, 15) is 38.4 Å². The molecule has 0 bridgehead atoms. The fourth-order valence-corrected chi connectivity index (χ4v) is 7.25. The van der Waals surface area contributed by atoms with Gasteiger partial charge in [-0.25, -0.2) is 9.59 Å². The molecular weight excluding hydrogens is 873 g/mol. The van der Waals surface area contributed by atoms with Crippen molar-refractivity contribution in [3.8, 4) is 0 Å². The lowest BCUT2D eigenvalue weighted by Crippen LogP contribution is -2.23. The van der Waals surface area contributed by atoms with Gasteiger partial charge in [0.2, 0.25) is 0 Å². The number of benzene rings is 6. The third kappa shape index (κ3) is 12.0. The molecule has 0 aromatic heterocycles. The van der Waals surface area contributed by atoms with E-state index in [2.05, 4.69) is 34.4 Å². The largest absolute Gasteiger partial charge is 0.454 e. The van der Waals surface area contributed by atoms with E-state index in [1.165, 1.54) is 75.5 Å². The number of carbonyl (C=O) groups is 8. The SMILES string of the molecule is C=C(C)C(=O)COC(=O)c1ccc(Sc2ccc(C(=O)OCC(=O)C(=C)C)c(C(=O)Nc3ccc(C(=O)Nc4ccc(NC(=O)c5ccc(C)cc5)c5ccccc45)cc3)c2)cc1C(=O)NC. The van der Waals surface area contributed by atoms with Gasteiger partial charge in [0.15, 0.2) is 24.8 Å². The van der Waals surface area contributed by atoms with Crippen LogP contribution in [0, 0.1) is 6.92 Å². The van der Waals surface area contributed by atoms with Crippen molar-refractivity contribution in [1.82, 2.24) is 5.32 Å². The Hall–Kier alpha value is -8.43. The Balaban J connectivity index is 1.21. The highest BCUT2D eigenvalue weighted by molar-refractivity contribution is 7.99. The molecule has 0 atom stereocenters. The van der Waals surface area contributed by atoms with Crippen molar-refractivity contribution >= 4 is 86.7 Å². The number of nitrogens with one attached hydrogen (secondary N) is 4. The summed E-state index contributed by atoms with van der Waals surface area (Å²) in [5.74, 6) is -4.88. The molecule has 6 aromatic carbocycles. The Morgan fingerprint density at radius 1 is 0.507 bits per heavy atom. The van der Waals surface area contributed by atoms with Crippen LogP contribution in [0.3, 0.4) is 0 Å². The average Bonchev–Trinajstić information content (AvgIpc) is 3.32. The zero-order chi connectivity index (χ0) is 48.4. The highest BCUT2D eigenvalue weighted by Gasteiger charge is 2.23. The molecule has 0 radical (unpaired) electrons. The molecule has 67 heavy (non-hydrogen) atoms. The van der Waals surface area contributed by atoms with Gasteiger partial charge in [0, 0.05) is 55.8 Å². The van der Waals surface area contributed by atoms with E-state index in [0.29, 0.717) is 37.5 Å².